The average molecular weight is 326 g/mol. The molecule has 2 heterocycles. The van der Waals surface area contributed by atoms with E-state index in [0.717, 1.165) is 43.9 Å². The van der Waals surface area contributed by atoms with Crippen LogP contribution in [-0.4, -0.2) is 47.8 Å². The van der Waals surface area contributed by atoms with Gasteiger partial charge in [0.2, 0.25) is 0 Å². The number of benzene rings is 1. The van der Waals surface area contributed by atoms with Crippen molar-refractivity contribution < 1.29 is 4.39 Å². The Hall–Kier alpha value is -2.27. The van der Waals surface area contributed by atoms with Crippen LogP contribution in [0, 0.1) is 5.82 Å². The van der Waals surface area contributed by atoms with Gasteiger partial charge in [-0.1, -0.05) is 24.3 Å². The van der Waals surface area contributed by atoms with Crippen molar-refractivity contribution in [1.82, 2.24) is 15.1 Å². The topological polar surface area (TPSA) is 32.3 Å². The molecular formula is C19H23FN4. The molecule has 3 rings (SSSR count). The van der Waals surface area contributed by atoms with Crippen LogP contribution in [0.5, 0.6) is 0 Å². The second-order valence-electron chi connectivity index (χ2n) is 6.18. The van der Waals surface area contributed by atoms with Crippen molar-refractivity contribution in [2.75, 3.05) is 31.6 Å². The van der Waals surface area contributed by atoms with Gasteiger partial charge in [-0.2, -0.15) is 5.10 Å². The number of anilines is 1. The fourth-order valence-corrected chi connectivity index (χ4v) is 3.07. The maximum Gasteiger partial charge on any atom is 0.151 e. The van der Waals surface area contributed by atoms with Crippen LogP contribution < -0.4 is 4.90 Å². The van der Waals surface area contributed by atoms with E-state index < -0.39 is 0 Å². The molecule has 1 fully saturated rings. The first-order valence-corrected chi connectivity index (χ1v) is 8.37. The van der Waals surface area contributed by atoms with E-state index in [0.29, 0.717) is 6.04 Å². The Morgan fingerprint density at radius 1 is 1.21 bits per heavy atom. The van der Waals surface area contributed by atoms with Gasteiger partial charge in [-0.3, -0.25) is 4.90 Å². The first kappa shape index (κ1) is 16.6. The van der Waals surface area contributed by atoms with E-state index in [9.17, 15) is 4.39 Å². The number of likely N-dealkylation sites (tertiary alicyclic amines) is 1. The van der Waals surface area contributed by atoms with Crippen molar-refractivity contribution in [1.29, 1.82) is 0 Å². The lowest BCUT2D eigenvalue weighted by molar-refractivity contribution is 0.230. The first-order valence-electron chi connectivity index (χ1n) is 8.37. The molecule has 0 radical (unpaired) electrons. The number of hydrogen-bond donors (Lipinski definition) is 0. The predicted octanol–water partition coefficient (Wildman–Crippen LogP) is 3.23. The van der Waals surface area contributed by atoms with Crippen LogP contribution in [0.2, 0.25) is 0 Å². The van der Waals surface area contributed by atoms with E-state index in [1.807, 2.05) is 12.1 Å². The zero-order chi connectivity index (χ0) is 16.8. The molecule has 4 nitrogen and oxygen atoms in total. The highest BCUT2D eigenvalue weighted by Crippen LogP contribution is 2.19. The summed E-state index contributed by atoms with van der Waals surface area (Å²) < 4.78 is 12.9. The third-order valence-electron chi connectivity index (χ3n) is 4.57. The van der Waals surface area contributed by atoms with Crippen LogP contribution in [-0.2, 0) is 0 Å². The predicted molar refractivity (Wildman–Crippen MR) is 95.3 cm³/mol. The summed E-state index contributed by atoms with van der Waals surface area (Å²) >= 11 is 0. The Bertz CT molecular complexity index is 649. The van der Waals surface area contributed by atoms with Gasteiger partial charge in [0.05, 0.1) is 0 Å². The second-order valence-corrected chi connectivity index (χ2v) is 6.18. The normalized spacial score (nSPS) is 16.6. The van der Waals surface area contributed by atoms with E-state index >= 15 is 0 Å². The van der Waals surface area contributed by atoms with Crippen molar-refractivity contribution in [3.8, 4) is 0 Å². The maximum absolute atomic E-state index is 12.9. The number of rotatable bonds is 5. The fourth-order valence-electron chi connectivity index (χ4n) is 3.07. The van der Waals surface area contributed by atoms with Gasteiger partial charge in [0.25, 0.3) is 0 Å². The molecule has 0 aliphatic carbocycles. The molecule has 0 saturated carbocycles. The van der Waals surface area contributed by atoms with E-state index in [-0.39, 0.29) is 5.82 Å². The SMILES string of the molecule is CN(c1cccnn1)C1CCN(C/C=C/c2ccc(F)cc2)CC1. The summed E-state index contributed by atoms with van der Waals surface area (Å²) in [5, 5.41) is 8.14. The summed E-state index contributed by atoms with van der Waals surface area (Å²) in [6.07, 6.45) is 8.15. The minimum Gasteiger partial charge on any atom is -0.355 e. The highest BCUT2D eigenvalue weighted by molar-refractivity contribution is 5.49. The minimum atomic E-state index is -0.193. The summed E-state index contributed by atoms with van der Waals surface area (Å²) in [5.41, 5.74) is 1.04. The van der Waals surface area contributed by atoms with Crippen LogP contribution in [0.1, 0.15) is 18.4 Å². The first-order chi connectivity index (χ1) is 11.7. The summed E-state index contributed by atoms with van der Waals surface area (Å²) in [6.45, 7) is 3.07. The van der Waals surface area contributed by atoms with E-state index in [4.69, 9.17) is 0 Å². The molecule has 0 amide bonds. The van der Waals surface area contributed by atoms with Crippen molar-refractivity contribution >= 4 is 11.9 Å². The molecule has 0 spiro atoms. The zero-order valence-electron chi connectivity index (χ0n) is 14.0. The van der Waals surface area contributed by atoms with Gasteiger partial charge in [-0.15, -0.1) is 5.10 Å². The van der Waals surface area contributed by atoms with Crippen molar-refractivity contribution in [2.24, 2.45) is 0 Å². The zero-order valence-corrected chi connectivity index (χ0v) is 14.0. The smallest absolute Gasteiger partial charge is 0.151 e. The van der Waals surface area contributed by atoms with Crippen molar-refractivity contribution in [3.63, 3.8) is 0 Å². The van der Waals surface area contributed by atoms with Crippen LogP contribution in [0.15, 0.2) is 48.7 Å². The highest BCUT2D eigenvalue weighted by atomic mass is 19.1. The van der Waals surface area contributed by atoms with Gasteiger partial charge in [0, 0.05) is 38.9 Å². The molecule has 24 heavy (non-hydrogen) atoms. The molecule has 1 aromatic heterocycles. The maximum atomic E-state index is 12.9. The third-order valence-corrected chi connectivity index (χ3v) is 4.57. The average Bonchev–Trinajstić information content (AvgIpc) is 2.64. The minimum absolute atomic E-state index is 0.193. The Balaban J connectivity index is 1.46. The molecule has 0 N–H and O–H groups in total. The fraction of sp³-hybridized carbons (Fsp3) is 0.368. The molecule has 5 heteroatoms. The van der Waals surface area contributed by atoms with Crippen LogP contribution in [0.4, 0.5) is 10.2 Å². The van der Waals surface area contributed by atoms with Gasteiger partial charge in [0.1, 0.15) is 5.82 Å². The molecule has 0 atom stereocenters. The molecule has 0 bridgehead atoms. The molecule has 126 valence electrons. The molecule has 1 aliphatic heterocycles. The van der Waals surface area contributed by atoms with Gasteiger partial charge in [-0.25, -0.2) is 4.39 Å². The highest BCUT2D eigenvalue weighted by Gasteiger charge is 2.22. The van der Waals surface area contributed by atoms with Crippen LogP contribution in [0.25, 0.3) is 6.08 Å². The summed E-state index contributed by atoms with van der Waals surface area (Å²) in [6, 6.07) is 11.0. The molecule has 1 aliphatic rings. The lowest BCUT2D eigenvalue weighted by Crippen LogP contribution is -2.43. The lowest BCUT2D eigenvalue weighted by Gasteiger charge is -2.36. The Morgan fingerprint density at radius 2 is 1.96 bits per heavy atom. The van der Waals surface area contributed by atoms with Gasteiger partial charge in [0.15, 0.2) is 5.82 Å². The Kier molecular flexibility index (Phi) is 5.54. The quantitative estimate of drug-likeness (QED) is 0.844. The molecule has 1 aromatic carbocycles. The Labute approximate surface area is 142 Å². The number of piperidine rings is 1. The molecule has 1 saturated heterocycles. The van der Waals surface area contributed by atoms with E-state index in [1.54, 1.807) is 18.3 Å². The third kappa shape index (κ3) is 4.38. The summed E-state index contributed by atoms with van der Waals surface area (Å²) in [4.78, 5) is 4.68. The van der Waals surface area contributed by atoms with Gasteiger partial charge < -0.3 is 4.90 Å². The Morgan fingerprint density at radius 3 is 2.62 bits per heavy atom. The van der Waals surface area contributed by atoms with Crippen molar-refractivity contribution in [2.45, 2.75) is 18.9 Å². The molecular weight excluding hydrogens is 303 g/mol. The number of halogens is 1. The van der Waals surface area contributed by atoms with Gasteiger partial charge in [-0.05, 0) is 42.7 Å². The number of aromatic nitrogens is 2. The van der Waals surface area contributed by atoms with Crippen LogP contribution >= 0.6 is 0 Å². The number of nitrogens with zero attached hydrogens (tertiary/aromatic N) is 4. The summed E-state index contributed by atoms with van der Waals surface area (Å²) in [5.74, 6) is 0.744. The largest absolute Gasteiger partial charge is 0.355 e. The van der Waals surface area contributed by atoms with Crippen molar-refractivity contribution in [3.05, 3.63) is 60.1 Å². The van der Waals surface area contributed by atoms with Crippen LogP contribution in [0.3, 0.4) is 0 Å². The lowest BCUT2D eigenvalue weighted by atomic mass is 10.0. The standard InChI is InChI=1S/C19H23FN4/c1-23(19-5-2-12-21-22-19)18-10-14-24(15-11-18)13-3-4-16-6-8-17(20)9-7-16/h2-9,12,18H,10-11,13-15H2,1H3/b4-3+. The second kappa shape index (κ2) is 8.02. The monoisotopic (exact) mass is 326 g/mol. The number of hydrogen-bond acceptors (Lipinski definition) is 4. The van der Waals surface area contributed by atoms with E-state index in [1.165, 1.54) is 12.1 Å². The molecule has 0 unspecified atom stereocenters. The van der Waals surface area contributed by atoms with E-state index in [2.05, 4.69) is 39.2 Å². The summed E-state index contributed by atoms with van der Waals surface area (Å²) in [7, 11) is 2.10. The van der Waals surface area contributed by atoms with Gasteiger partial charge >= 0.3 is 0 Å². The molecule has 2 aromatic rings.